The molecule has 0 saturated heterocycles. The second-order valence-corrected chi connectivity index (χ2v) is 7.76. The molecule has 0 radical (unpaired) electrons. The third kappa shape index (κ3) is 5.89. The Morgan fingerprint density at radius 1 is 1.39 bits per heavy atom. The number of alkyl carbamates (subject to hydrolysis) is 1. The summed E-state index contributed by atoms with van der Waals surface area (Å²) in [6.45, 7) is 5.59. The summed E-state index contributed by atoms with van der Waals surface area (Å²) in [5, 5.41) is 6.42. The van der Waals surface area contributed by atoms with Crippen LogP contribution in [0.3, 0.4) is 0 Å². The van der Waals surface area contributed by atoms with E-state index in [0.717, 1.165) is 36.0 Å². The molecule has 6 nitrogen and oxygen atoms in total. The van der Waals surface area contributed by atoms with Gasteiger partial charge in [-0.3, -0.25) is 0 Å². The van der Waals surface area contributed by atoms with Crippen molar-refractivity contribution in [2.75, 3.05) is 11.1 Å². The number of nitrogens with one attached hydrogen (secondary N) is 2. The third-order valence-corrected chi connectivity index (χ3v) is 4.09. The van der Waals surface area contributed by atoms with Crippen molar-refractivity contribution >= 4 is 33.4 Å². The molecule has 1 aromatic rings. The lowest BCUT2D eigenvalue weighted by atomic mass is 9.91. The van der Waals surface area contributed by atoms with Crippen LogP contribution in [-0.2, 0) is 4.74 Å². The van der Waals surface area contributed by atoms with Crippen LogP contribution in [0.15, 0.2) is 16.9 Å². The molecule has 1 amide bonds. The molecule has 1 heterocycles. The number of nitrogen functional groups attached to an aromatic ring is 1. The van der Waals surface area contributed by atoms with Gasteiger partial charge < -0.3 is 21.1 Å². The average molecular weight is 385 g/mol. The quantitative estimate of drug-likeness (QED) is 0.691. The molecule has 0 aromatic carbocycles. The van der Waals surface area contributed by atoms with Gasteiger partial charge in [-0.15, -0.1) is 0 Å². The lowest BCUT2D eigenvalue weighted by Gasteiger charge is -2.32. The minimum Gasteiger partial charge on any atom is -0.444 e. The molecule has 23 heavy (non-hydrogen) atoms. The van der Waals surface area contributed by atoms with Gasteiger partial charge in [-0.2, -0.15) is 0 Å². The predicted molar refractivity (Wildman–Crippen MR) is 95.4 cm³/mol. The van der Waals surface area contributed by atoms with E-state index in [4.69, 9.17) is 10.5 Å². The van der Waals surface area contributed by atoms with E-state index in [1.807, 2.05) is 26.8 Å². The Morgan fingerprint density at radius 3 is 2.78 bits per heavy atom. The van der Waals surface area contributed by atoms with Crippen LogP contribution in [0, 0.1) is 0 Å². The maximum absolute atomic E-state index is 11.9. The van der Waals surface area contributed by atoms with E-state index in [0.29, 0.717) is 5.69 Å². The Morgan fingerprint density at radius 2 is 2.09 bits per heavy atom. The Kier molecular flexibility index (Phi) is 5.73. The number of carbonyl (C=O) groups excluding carboxylic acids is 1. The van der Waals surface area contributed by atoms with Gasteiger partial charge in [0.1, 0.15) is 10.2 Å². The number of anilines is 2. The summed E-state index contributed by atoms with van der Waals surface area (Å²) in [6, 6.07) is 2.25. The molecule has 0 unspecified atom stereocenters. The number of rotatable bonds is 3. The molecule has 1 saturated carbocycles. The van der Waals surface area contributed by atoms with Gasteiger partial charge >= 0.3 is 6.09 Å². The third-order valence-electron chi connectivity index (χ3n) is 3.66. The summed E-state index contributed by atoms with van der Waals surface area (Å²) in [4.78, 5) is 16.0. The monoisotopic (exact) mass is 384 g/mol. The first-order chi connectivity index (χ1) is 10.7. The molecule has 1 aliphatic carbocycles. The Bertz CT molecular complexity index is 560. The van der Waals surface area contributed by atoms with Gasteiger partial charge in [-0.05, 0) is 68.5 Å². The van der Waals surface area contributed by atoms with Gasteiger partial charge in [-0.25, -0.2) is 9.78 Å². The topological polar surface area (TPSA) is 89.3 Å². The smallest absolute Gasteiger partial charge is 0.407 e. The first-order valence-corrected chi connectivity index (χ1v) is 8.69. The Balaban J connectivity index is 1.90. The standard InChI is InChI=1S/C16H25BrN4O2/c1-16(2,3)23-15(22)21-11-6-4-5-10(7-11)20-13-8-14(17)19-9-12(13)18/h8-11H,4-7,18H2,1-3H3,(H,19,20)(H,21,22)/t10-,11+/m1/s1. The predicted octanol–water partition coefficient (Wildman–Crippen LogP) is 3.67. The van der Waals surface area contributed by atoms with Crippen LogP contribution in [0.5, 0.6) is 0 Å². The number of nitrogens with zero attached hydrogens (tertiary/aromatic N) is 1. The summed E-state index contributed by atoms with van der Waals surface area (Å²) in [5.74, 6) is 0. The van der Waals surface area contributed by atoms with Crippen molar-refractivity contribution in [1.82, 2.24) is 10.3 Å². The zero-order valence-electron chi connectivity index (χ0n) is 13.9. The van der Waals surface area contributed by atoms with Gasteiger partial charge in [0.05, 0.1) is 17.6 Å². The van der Waals surface area contributed by atoms with Gasteiger partial charge in [-0.1, -0.05) is 0 Å². The normalized spacial score (nSPS) is 21.6. The van der Waals surface area contributed by atoms with Crippen molar-refractivity contribution in [1.29, 1.82) is 0 Å². The molecular weight excluding hydrogens is 360 g/mol. The van der Waals surface area contributed by atoms with Crippen molar-refractivity contribution in [3.8, 4) is 0 Å². The maximum atomic E-state index is 11.9. The van der Waals surface area contributed by atoms with Gasteiger partial charge in [0, 0.05) is 12.1 Å². The number of amides is 1. The van der Waals surface area contributed by atoms with E-state index in [1.165, 1.54) is 0 Å². The minimum atomic E-state index is -0.478. The van der Waals surface area contributed by atoms with E-state index >= 15 is 0 Å². The highest BCUT2D eigenvalue weighted by Crippen LogP contribution is 2.27. The summed E-state index contributed by atoms with van der Waals surface area (Å²) in [6.07, 6.45) is 5.18. The number of halogens is 1. The number of nitrogens with two attached hydrogens (primary N) is 1. The van der Waals surface area contributed by atoms with Crippen LogP contribution in [0.25, 0.3) is 0 Å². The number of pyridine rings is 1. The molecule has 0 aliphatic heterocycles. The molecule has 0 bridgehead atoms. The molecule has 1 fully saturated rings. The van der Waals surface area contributed by atoms with E-state index in [1.54, 1.807) is 6.20 Å². The molecule has 7 heteroatoms. The number of ether oxygens (including phenoxy) is 1. The summed E-state index contributed by atoms with van der Waals surface area (Å²) < 4.78 is 6.07. The number of aromatic nitrogens is 1. The minimum absolute atomic E-state index is 0.114. The number of hydrogen-bond acceptors (Lipinski definition) is 5. The van der Waals surface area contributed by atoms with E-state index in [2.05, 4.69) is 31.5 Å². The molecule has 2 rings (SSSR count). The van der Waals surface area contributed by atoms with Gasteiger partial charge in [0.2, 0.25) is 0 Å². The largest absolute Gasteiger partial charge is 0.444 e. The molecule has 4 N–H and O–H groups in total. The fourth-order valence-corrected chi connectivity index (χ4v) is 3.04. The van der Waals surface area contributed by atoms with Crippen molar-refractivity contribution in [2.45, 2.75) is 64.1 Å². The van der Waals surface area contributed by atoms with E-state index in [-0.39, 0.29) is 18.2 Å². The van der Waals surface area contributed by atoms with Crippen molar-refractivity contribution in [2.24, 2.45) is 0 Å². The highest BCUT2D eigenvalue weighted by molar-refractivity contribution is 9.10. The zero-order chi connectivity index (χ0) is 17.0. The first kappa shape index (κ1) is 17.8. The molecule has 1 aromatic heterocycles. The zero-order valence-corrected chi connectivity index (χ0v) is 15.4. The lowest BCUT2D eigenvalue weighted by Crippen LogP contribution is -2.43. The van der Waals surface area contributed by atoms with Crippen LogP contribution in [0.2, 0.25) is 0 Å². The van der Waals surface area contributed by atoms with Crippen molar-refractivity contribution in [3.63, 3.8) is 0 Å². The lowest BCUT2D eigenvalue weighted by molar-refractivity contribution is 0.0492. The summed E-state index contributed by atoms with van der Waals surface area (Å²) in [7, 11) is 0. The molecule has 1 aliphatic rings. The number of carbonyl (C=O) groups is 1. The molecule has 128 valence electrons. The maximum Gasteiger partial charge on any atom is 0.407 e. The summed E-state index contributed by atoms with van der Waals surface area (Å²) >= 11 is 3.35. The van der Waals surface area contributed by atoms with Crippen LogP contribution < -0.4 is 16.4 Å². The van der Waals surface area contributed by atoms with Gasteiger partial charge in [0.25, 0.3) is 0 Å². The molecule has 2 atom stereocenters. The van der Waals surface area contributed by atoms with Gasteiger partial charge in [0.15, 0.2) is 0 Å². The van der Waals surface area contributed by atoms with Crippen LogP contribution >= 0.6 is 15.9 Å². The van der Waals surface area contributed by atoms with E-state index in [9.17, 15) is 4.79 Å². The number of hydrogen-bond donors (Lipinski definition) is 3. The van der Waals surface area contributed by atoms with Crippen molar-refractivity contribution in [3.05, 3.63) is 16.9 Å². The van der Waals surface area contributed by atoms with Crippen LogP contribution in [-0.4, -0.2) is 28.8 Å². The molecule has 0 spiro atoms. The second kappa shape index (κ2) is 7.38. The molecular formula is C16H25BrN4O2. The van der Waals surface area contributed by atoms with Crippen LogP contribution in [0.4, 0.5) is 16.2 Å². The summed E-state index contributed by atoms with van der Waals surface area (Å²) in [5.41, 5.74) is 6.97. The highest BCUT2D eigenvalue weighted by atomic mass is 79.9. The van der Waals surface area contributed by atoms with Crippen molar-refractivity contribution < 1.29 is 9.53 Å². The fraction of sp³-hybridized carbons (Fsp3) is 0.625. The van der Waals surface area contributed by atoms with Crippen LogP contribution in [0.1, 0.15) is 46.5 Å². The average Bonchev–Trinajstić information content (AvgIpc) is 2.41. The van der Waals surface area contributed by atoms with E-state index < -0.39 is 5.60 Å². The second-order valence-electron chi connectivity index (χ2n) is 6.95. The Hall–Kier alpha value is -1.50. The highest BCUT2D eigenvalue weighted by Gasteiger charge is 2.25. The first-order valence-electron chi connectivity index (χ1n) is 7.90. The fourth-order valence-electron chi connectivity index (χ4n) is 2.71. The Labute approximate surface area is 145 Å². The SMILES string of the molecule is CC(C)(C)OC(=O)N[C@H]1CCC[C@@H](Nc2cc(Br)ncc2N)C1.